The van der Waals surface area contributed by atoms with Gasteiger partial charge in [-0.05, 0) is 20.8 Å². The first-order chi connectivity index (χ1) is 9.25. The van der Waals surface area contributed by atoms with Gasteiger partial charge in [0.1, 0.15) is 0 Å². The Morgan fingerprint density at radius 1 is 1.15 bits per heavy atom. The smallest absolute Gasteiger partial charge is 0.256 e. The molecule has 0 saturated heterocycles. The highest BCUT2D eigenvalue weighted by Crippen LogP contribution is 2.19. The Morgan fingerprint density at radius 3 is 2.00 bits per heavy atom. The summed E-state index contributed by atoms with van der Waals surface area (Å²) in [6.07, 6.45) is -0.0758. The molecule has 112 valence electrons. The number of carbonyl (C=O) groups excluding carboxylic acids is 3. The maximum Gasteiger partial charge on any atom is 0.256 e. The maximum atomic E-state index is 11.8. The Bertz CT molecular complexity index is 441. The SMILES string of the molecule is CC1=C(C)C(=O)N(CCC(=O)NC(C)(CO)CO)C1=O. The van der Waals surface area contributed by atoms with E-state index in [1.54, 1.807) is 13.8 Å². The summed E-state index contributed by atoms with van der Waals surface area (Å²) in [5.74, 6) is -1.21. The third-order valence-corrected chi connectivity index (χ3v) is 3.40. The van der Waals surface area contributed by atoms with E-state index in [2.05, 4.69) is 5.32 Å². The van der Waals surface area contributed by atoms with Crippen LogP contribution in [0.2, 0.25) is 0 Å². The molecule has 1 rings (SSSR count). The van der Waals surface area contributed by atoms with Crippen molar-refractivity contribution in [1.29, 1.82) is 0 Å². The Hall–Kier alpha value is -1.73. The minimum absolute atomic E-state index is 0.0227. The van der Waals surface area contributed by atoms with Gasteiger partial charge in [-0.2, -0.15) is 0 Å². The predicted molar refractivity (Wildman–Crippen MR) is 70.4 cm³/mol. The van der Waals surface area contributed by atoms with Crippen LogP contribution in [0.15, 0.2) is 11.1 Å². The molecule has 0 spiro atoms. The zero-order valence-electron chi connectivity index (χ0n) is 11.9. The number of nitrogens with zero attached hydrogens (tertiary/aromatic N) is 1. The monoisotopic (exact) mass is 284 g/mol. The lowest BCUT2D eigenvalue weighted by molar-refractivity contribution is -0.138. The van der Waals surface area contributed by atoms with Crippen molar-refractivity contribution in [3.63, 3.8) is 0 Å². The highest BCUT2D eigenvalue weighted by atomic mass is 16.3. The highest BCUT2D eigenvalue weighted by molar-refractivity contribution is 6.18. The summed E-state index contributed by atoms with van der Waals surface area (Å²) >= 11 is 0. The van der Waals surface area contributed by atoms with E-state index in [4.69, 9.17) is 10.2 Å². The Morgan fingerprint density at radius 2 is 1.60 bits per heavy atom. The van der Waals surface area contributed by atoms with Gasteiger partial charge in [-0.3, -0.25) is 19.3 Å². The number of nitrogens with one attached hydrogen (secondary N) is 1. The molecular formula is C13H20N2O5. The molecule has 7 heteroatoms. The van der Waals surface area contributed by atoms with Crippen molar-refractivity contribution in [2.75, 3.05) is 19.8 Å². The van der Waals surface area contributed by atoms with Crippen molar-refractivity contribution in [1.82, 2.24) is 10.2 Å². The van der Waals surface area contributed by atoms with Crippen LogP contribution < -0.4 is 5.32 Å². The van der Waals surface area contributed by atoms with Crippen molar-refractivity contribution >= 4 is 17.7 Å². The third kappa shape index (κ3) is 3.23. The van der Waals surface area contributed by atoms with Crippen molar-refractivity contribution in [2.24, 2.45) is 0 Å². The molecule has 0 aliphatic carbocycles. The van der Waals surface area contributed by atoms with Crippen LogP contribution in [0.1, 0.15) is 27.2 Å². The number of imide groups is 1. The molecule has 0 radical (unpaired) electrons. The molecule has 7 nitrogen and oxygen atoms in total. The van der Waals surface area contributed by atoms with Gasteiger partial charge in [-0.25, -0.2) is 0 Å². The van der Waals surface area contributed by atoms with Crippen molar-refractivity contribution in [3.05, 3.63) is 11.1 Å². The molecule has 1 aliphatic heterocycles. The fourth-order valence-corrected chi connectivity index (χ4v) is 1.76. The highest BCUT2D eigenvalue weighted by Gasteiger charge is 2.33. The van der Waals surface area contributed by atoms with Gasteiger partial charge in [0.15, 0.2) is 0 Å². The summed E-state index contributed by atoms with van der Waals surface area (Å²) in [6.45, 7) is 3.81. The quantitative estimate of drug-likeness (QED) is 0.539. The number of hydrogen-bond acceptors (Lipinski definition) is 5. The Kier molecular flexibility index (Phi) is 5.02. The molecule has 0 aromatic rings. The second kappa shape index (κ2) is 6.15. The van der Waals surface area contributed by atoms with Gasteiger partial charge in [0.2, 0.25) is 5.91 Å². The molecule has 0 bridgehead atoms. The summed E-state index contributed by atoms with van der Waals surface area (Å²) in [5.41, 5.74) is -0.322. The summed E-state index contributed by atoms with van der Waals surface area (Å²) in [4.78, 5) is 36.3. The number of hydrogen-bond donors (Lipinski definition) is 3. The molecule has 0 aromatic heterocycles. The van der Waals surface area contributed by atoms with Gasteiger partial charge >= 0.3 is 0 Å². The number of amides is 3. The van der Waals surface area contributed by atoms with Crippen LogP contribution in [0.3, 0.4) is 0 Å². The van der Waals surface area contributed by atoms with E-state index < -0.39 is 24.7 Å². The first kappa shape index (κ1) is 16.3. The Balaban J connectivity index is 2.56. The minimum atomic E-state index is -1.11. The molecule has 0 saturated carbocycles. The average molecular weight is 284 g/mol. The van der Waals surface area contributed by atoms with Gasteiger partial charge in [-0.15, -0.1) is 0 Å². The van der Waals surface area contributed by atoms with E-state index in [0.29, 0.717) is 11.1 Å². The zero-order valence-corrected chi connectivity index (χ0v) is 11.9. The van der Waals surface area contributed by atoms with E-state index in [9.17, 15) is 14.4 Å². The van der Waals surface area contributed by atoms with Crippen LogP contribution in [0, 0.1) is 0 Å². The maximum absolute atomic E-state index is 11.8. The van der Waals surface area contributed by atoms with Crippen molar-refractivity contribution < 1.29 is 24.6 Å². The van der Waals surface area contributed by atoms with Crippen molar-refractivity contribution in [2.45, 2.75) is 32.7 Å². The minimum Gasteiger partial charge on any atom is -0.394 e. The summed E-state index contributed by atoms with van der Waals surface area (Å²) in [6, 6.07) is 0. The lowest BCUT2D eigenvalue weighted by Gasteiger charge is -2.26. The number of aliphatic hydroxyl groups excluding tert-OH is 2. The molecule has 0 fully saturated rings. The zero-order chi connectivity index (χ0) is 15.5. The van der Waals surface area contributed by atoms with Gasteiger partial charge in [0.05, 0.1) is 18.8 Å². The van der Waals surface area contributed by atoms with Crippen LogP contribution in [0.25, 0.3) is 0 Å². The van der Waals surface area contributed by atoms with Gasteiger partial charge < -0.3 is 15.5 Å². The molecule has 20 heavy (non-hydrogen) atoms. The molecule has 1 aliphatic rings. The first-order valence-corrected chi connectivity index (χ1v) is 6.32. The van der Waals surface area contributed by atoms with Gasteiger partial charge in [0, 0.05) is 24.1 Å². The largest absolute Gasteiger partial charge is 0.394 e. The molecule has 3 amide bonds. The van der Waals surface area contributed by atoms with Gasteiger partial charge in [0.25, 0.3) is 11.8 Å². The normalized spacial score (nSPS) is 16.1. The van der Waals surface area contributed by atoms with Crippen LogP contribution in [0.5, 0.6) is 0 Å². The fourth-order valence-electron chi connectivity index (χ4n) is 1.76. The molecule has 0 atom stereocenters. The average Bonchev–Trinajstić information content (AvgIpc) is 2.61. The second-order valence-electron chi connectivity index (χ2n) is 5.19. The van der Waals surface area contributed by atoms with Crippen LogP contribution in [-0.2, 0) is 14.4 Å². The molecule has 1 heterocycles. The summed E-state index contributed by atoms with van der Waals surface area (Å²) in [5, 5.41) is 20.6. The number of carbonyl (C=O) groups is 3. The van der Waals surface area contributed by atoms with Crippen molar-refractivity contribution in [3.8, 4) is 0 Å². The second-order valence-corrected chi connectivity index (χ2v) is 5.19. The molecular weight excluding hydrogens is 264 g/mol. The number of rotatable bonds is 6. The molecule has 3 N–H and O–H groups in total. The molecule has 0 aromatic carbocycles. The van der Waals surface area contributed by atoms with Gasteiger partial charge in [-0.1, -0.05) is 0 Å². The van der Waals surface area contributed by atoms with Crippen LogP contribution in [-0.4, -0.2) is 58.1 Å². The molecule has 0 unspecified atom stereocenters. The lowest BCUT2D eigenvalue weighted by atomic mass is 10.1. The number of aliphatic hydroxyl groups is 2. The standard InChI is InChI=1S/C13H20N2O5/c1-8-9(2)12(20)15(11(8)19)5-4-10(18)14-13(3,6-16)7-17/h16-17H,4-7H2,1-3H3,(H,14,18). The predicted octanol–water partition coefficient (Wildman–Crippen LogP) is -1.06. The van der Waals surface area contributed by atoms with E-state index in [-0.39, 0.29) is 24.8 Å². The third-order valence-electron chi connectivity index (χ3n) is 3.40. The van der Waals surface area contributed by atoms with E-state index in [1.165, 1.54) is 6.92 Å². The first-order valence-electron chi connectivity index (χ1n) is 6.32. The van der Waals surface area contributed by atoms with E-state index in [1.807, 2.05) is 0 Å². The van der Waals surface area contributed by atoms with E-state index in [0.717, 1.165) is 4.90 Å². The topological polar surface area (TPSA) is 107 Å². The van der Waals surface area contributed by atoms with Crippen LogP contribution in [0.4, 0.5) is 0 Å². The summed E-state index contributed by atoms with van der Waals surface area (Å²) in [7, 11) is 0. The van der Waals surface area contributed by atoms with Crippen LogP contribution >= 0.6 is 0 Å². The fraction of sp³-hybridized carbons (Fsp3) is 0.615. The van der Waals surface area contributed by atoms with E-state index >= 15 is 0 Å². The Labute approximate surface area is 117 Å². The summed E-state index contributed by atoms with van der Waals surface area (Å²) < 4.78 is 0. The lowest BCUT2D eigenvalue weighted by Crippen LogP contribution is -2.52.